The molecule has 2 amide bonds. The topological polar surface area (TPSA) is 175 Å². The number of pyridine rings is 2. The predicted octanol–water partition coefficient (Wildman–Crippen LogP) is 6.27. The second kappa shape index (κ2) is 13.1. The van der Waals surface area contributed by atoms with Crippen LogP contribution in [0.1, 0.15) is 37.5 Å². The van der Waals surface area contributed by atoms with Gasteiger partial charge in [0.05, 0.1) is 16.8 Å². The van der Waals surface area contributed by atoms with E-state index in [1.807, 2.05) is 30.3 Å². The van der Waals surface area contributed by atoms with Crippen molar-refractivity contribution < 1.29 is 33.8 Å². The second-order valence-corrected chi connectivity index (χ2v) is 10.3. The Morgan fingerprint density at radius 2 is 1.73 bits per heavy atom. The highest BCUT2D eigenvalue weighted by Gasteiger charge is 2.25. The standard InChI is InChI=1S/C31H29N5O8/c1-18(2)29(35-31(38)39)30(37)34-21-7-12-27(32-16-21)43-24-9-11-26-20(15-24)6-10-25(44-26)19-4-3-5-23(14-19)42-28-13-8-22(17-33-28)36(40)41/h3-5,7-9,11-18,25,29,35H,6,10H2,1-2H3,(H,34,37)(H,38,39)/t25?,29-/m0/s1. The maximum atomic E-state index is 12.5. The van der Waals surface area contributed by atoms with Gasteiger partial charge in [0, 0.05) is 18.2 Å². The Bertz CT molecular complexity index is 1660. The van der Waals surface area contributed by atoms with Gasteiger partial charge in [0.1, 0.15) is 35.6 Å². The molecule has 0 aliphatic carbocycles. The molecule has 0 saturated carbocycles. The number of nitro groups is 1. The first-order valence-electron chi connectivity index (χ1n) is 13.8. The summed E-state index contributed by atoms with van der Waals surface area (Å²) in [6.07, 6.45) is 2.57. The van der Waals surface area contributed by atoms with Gasteiger partial charge >= 0.3 is 6.09 Å². The first-order chi connectivity index (χ1) is 21.1. The molecule has 2 atom stereocenters. The molecule has 1 aliphatic rings. The highest BCUT2D eigenvalue weighted by atomic mass is 16.6. The quantitative estimate of drug-likeness (QED) is 0.139. The Balaban J connectivity index is 1.19. The molecule has 3 N–H and O–H groups in total. The van der Waals surface area contributed by atoms with Crippen molar-refractivity contribution in [2.45, 2.75) is 38.8 Å². The Labute approximate surface area is 252 Å². The molecule has 4 aromatic rings. The van der Waals surface area contributed by atoms with Crippen LogP contribution in [-0.2, 0) is 11.2 Å². The van der Waals surface area contributed by atoms with Crippen LogP contribution in [0.2, 0.25) is 0 Å². The lowest BCUT2D eigenvalue weighted by Gasteiger charge is -2.27. The number of carbonyl (C=O) groups excluding carboxylic acids is 1. The number of carbonyl (C=O) groups is 2. The number of fused-ring (bicyclic) bond motifs is 1. The smallest absolute Gasteiger partial charge is 0.405 e. The fourth-order valence-corrected chi connectivity index (χ4v) is 4.63. The van der Waals surface area contributed by atoms with Gasteiger partial charge in [-0.15, -0.1) is 0 Å². The van der Waals surface area contributed by atoms with Gasteiger partial charge in [-0.25, -0.2) is 14.8 Å². The lowest BCUT2D eigenvalue weighted by atomic mass is 9.97. The number of rotatable bonds is 10. The number of hydrogen-bond acceptors (Lipinski definition) is 9. The van der Waals surface area contributed by atoms with Crippen molar-refractivity contribution in [2.75, 3.05) is 5.32 Å². The number of hydrogen-bond donors (Lipinski definition) is 3. The minimum Gasteiger partial charge on any atom is -0.485 e. The van der Waals surface area contributed by atoms with Gasteiger partial charge in [-0.1, -0.05) is 26.0 Å². The number of benzene rings is 2. The summed E-state index contributed by atoms with van der Waals surface area (Å²) in [5.41, 5.74) is 2.20. The fourth-order valence-electron chi connectivity index (χ4n) is 4.63. The van der Waals surface area contributed by atoms with E-state index in [1.165, 1.54) is 18.3 Å². The summed E-state index contributed by atoms with van der Waals surface area (Å²) in [6, 6.07) is 18.1. The van der Waals surface area contributed by atoms with Crippen LogP contribution in [0.3, 0.4) is 0 Å². The van der Waals surface area contributed by atoms with E-state index in [-0.39, 0.29) is 23.6 Å². The van der Waals surface area contributed by atoms with Gasteiger partial charge in [0.15, 0.2) is 0 Å². The number of carboxylic acid groups (broad SMARTS) is 1. The molecule has 1 aliphatic heterocycles. The van der Waals surface area contributed by atoms with E-state index in [9.17, 15) is 19.7 Å². The first-order valence-corrected chi connectivity index (χ1v) is 13.8. The van der Waals surface area contributed by atoms with Crippen LogP contribution in [0, 0.1) is 16.0 Å². The molecule has 5 rings (SSSR count). The predicted molar refractivity (Wildman–Crippen MR) is 158 cm³/mol. The second-order valence-electron chi connectivity index (χ2n) is 10.3. The van der Waals surface area contributed by atoms with Crippen molar-refractivity contribution >= 4 is 23.4 Å². The van der Waals surface area contributed by atoms with Crippen LogP contribution in [0.25, 0.3) is 0 Å². The summed E-state index contributed by atoms with van der Waals surface area (Å²) in [7, 11) is 0. The normalized spacial score (nSPS) is 14.5. The SMILES string of the molecule is CC(C)[C@H](NC(=O)O)C(=O)Nc1ccc(Oc2ccc3c(c2)CCC(c2cccc(Oc4ccc([N+](=O)[O-])cn4)c2)O3)nc1. The van der Waals surface area contributed by atoms with Crippen molar-refractivity contribution in [3.05, 3.63) is 100 Å². The summed E-state index contributed by atoms with van der Waals surface area (Å²) in [6.45, 7) is 3.49. The number of aryl methyl sites for hydroxylation is 1. The first kappa shape index (κ1) is 29.8. The monoisotopic (exact) mass is 599 g/mol. The van der Waals surface area contributed by atoms with Crippen molar-refractivity contribution in [1.82, 2.24) is 15.3 Å². The third-order valence-electron chi connectivity index (χ3n) is 6.82. The average Bonchev–Trinajstić information content (AvgIpc) is 3.00. The Kier molecular flexibility index (Phi) is 8.84. The summed E-state index contributed by atoms with van der Waals surface area (Å²) >= 11 is 0. The molecule has 0 radical (unpaired) electrons. The zero-order chi connectivity index (χ0) is 31.2. The largest absolute Gasteiger partial charge is 0.485 e. The van der Waals surface area contributed by atoms with Crippen molar-refractivity contribution in [2.24, 2.45) is 5.92 Å². The van der Waals surface area contributed by atoms with E-state index in [4.69, 9.17) is 19.3 Å². The number of amides is 2. The summed E-state index contributed by atoms with van der Waals surface area (Å²) in [5, 5.41) is 24.7. The summed E-state index contributed by atoms with van der Waals surface area (Å²) < 4.78 is 18.0. The fraction of sp³-hybridized carbons (Fsp3) is 0.226. The van der Waals surface area contributed by atoms with Gasteiger partial charge in [0.2, 0.25) is 17.7 Å². The Morgan fingerprint density at radius 3 is 2.36 bits per heavy atom. The van der Waals surface area contributed by atoms with E-state index in [1.54, 1.807) is 38.1 Å². The zero-order valence-corrected chi connectivity index (χ0v) is 23.8. The van der Waals surface area contributed by atoms with Crippen LogP contribution in [-0.4, -0.2) is 38.0 Å². The van der Waals surface area contributed by atoms with Gasteiger partial charge in [0.25, 0.3) is 5.69 Å². The number of anilines is 1. The molecule has 13 heteroatoms. The minimum atomic E-state index is -1.27. The van der Waals surface area contributed by atoms with E-state index in [0.29, 0.717) is 23.1 Å². The summed E-state index contributed by atoms with van der Waals surface area (Å²) in [4.78, 5) is 42.1. The van der Waals surface area contributed by atoms with E-state index >= 15 is 0 Å². The van der Waals surface area contributed by atoms with Gasteiger partial charge in [-0.2, -0.15) is 0 Å². The third-order valence-corrected chi connectivity index (χ3v) is 6.82. The molecule has 2 aromatic carbocycles. The number of nitrogens with one attached hydrogen (secondary N) is 2. The van der Waals surface area contributed by atoms with E-state index in [2.05, 4.69) is 20.6 Å². The minimum absolute atomic E-state index is 0.113. The van der Waals surface area contributed by atoms with Crippen LogP contribution in [0.4, 0.5) is 16.2 Å². The molecular formula is C31H29N5O8. The van der Waals surface area contributed by atoms with Gasteiger partial charge in [-0.3, -0.25) is 14.9 Å². The van der Waals surface area contributed by atoms with Crippen molar-refractivity contribution in [3.63, 3.8) is 0 Å². The average molecular weight is 600 g/mol. The van der Waals surface area contributed by atoms with Crippen LogP contribution in [0.15, 0.2) is 79.1 Å². The third kappa shape index (κ3) is 7.37. The summed E-state index contributed by atoms with van der Waals surface area (Å²) in [5.74, 6) is 1.70. The lowest BCUT2D eigenvalue weighted by molar-refractivity contribution is -0.385. The molecule has 1 unspecified atom stereocenters. The molecule has 0 fully saturated rings. The molecule has 13 nitrogen and oxygen atoms in total. The zero-order valence-electron chi connectivity index (χ0n) is 23.8. The number of ether oxygens (including phenoxy) is 3. The van der Waals surface area contributed by atoms with E-state index in [0.717, 1.165) is 35.9 Å². The van der Waals surface area contributed by atoms with E-state index < -0.39 is 23.0 Å². The molecular weight excluding hydrogens is 570 g/mol. The van der Waals surface area contributed by atoms with Crippen molar-refractivity contribution in [1.29, 1.82) is 0 Å². The number of nitrogens with zero attached hydrogens (tertiary/aromatic N) is 3. The molecule has 2 aromatic heterocycles. The molecule has 0 saturated heterocycles. The van der Waals surface area contributed by atoms with Crippen LogP contribution in [0.5, 0.6) is 29.0 Å². The molecule has 0 bridgehead atoms. The highest BCUT2D eigenvalue weighted by molar-refractivity contribution is 5.96. The molecule has 226 valence electrons. The van der Waals surface area contributed by atoms with Gasteiger partial charge < -0.3 is 30.0 Å². The molecule has 0 spiro atoms. The van der Waals surface area contributed by atoms with Crippen LogP contribution >= 0.6 is 0 Å². The maximum Gasteiger partial charge on any atom is 0.405 e. The lowest BCUT2D eigenvalue weighted by Crippen LogP contribution is -2.46. The van der Waals surface area contributed by atoms with Gasteiger partial charge in [-0.05, 0) is 66.3 Å². The number of aromatic nitrogens is 2. The molecule has 44 heavy (non-hydrogen) atoms. The Morgan fingerprint density at radius 1 is 1.00 bits per heavy atom. The van der Waals surface area contributed by atoms with Crippen molar-refractivity contribution in [3.8, 4) is 29.0 Å². The van der Waals surface area contributed by atoms with Crippen LogP contribution < -0.4 is 24.8 Å². The Hall–Kier alpha value is -5.72. The highest BCUT2D eigenvalue weighted by Crippen LogP contribution is 2.38. The maximum absolute atomic E-state index is 12.5. The molecule has 3 heterocycles.